The van der Waals surface area contributed by atoms with E-state index in [-0.39, 0.29) is 5.78 Å². The Morgan fingerprint density at radius 2 is 2.00 bits per heavy atom. The Morgan fingerprint density at radius 3 is 2.67 bits per heavy atom. The molecule has 0 bridgehead atoms. The summed E-state index contributed by atoms with van der Waals surface area (Å²) in [5.41, 5.74) is 0.377. The Hall–Kier alpha value is -1.15. The van der Waals surface area contributed by atoms with E-state index in [1.807, 2.05) is 32.9 Å². The van der Waals surface area contributed by atoms with Crippen molar-refractivity contribution in [2.75, 3.05) is 0 Å². The lowest BCUT2D eigenvalue weighted by molar-refractivity contribution is -0.121. The Bertz CT molecular complexity index is 410. The quantitative estimate of drug-likeness (QED) is 0.656. The highest BCUT2D eigenvalue weighted by atomic mass is 16.3. The van der Waals surface area contributed by atoms with E-state index in [0.717, 1.165) is 11.1 Å². The van der Waals surface area contributed by atoms with Crippen molar-refractivity contribution < 1.29 is 9.90 Å². The molecule has 0 unspecified atom stereocenters. The fourth-order valence-electron chi connectivity index (χ4n) is 2.31. The topological polar surface area (TPSA) is 37.3 Å². The van der Waals surface area contributed by atoms with Gasteiger partial charge in [0.1, 0.15) is 5.60 Å². The zero-order valence-corrected chi connectivity index (χ0v) is 9.37. The molecule has 2 aliphatic rings. The van der Waals surface area contributed by atoms with Crippen LogP contribution in [0.3, 0.4) is 0 Å². The van der Waals surface area contributed by atoms with Crippen LogP contribution in [0.25, 0.3) is 0 Å². The van der Waals surface area contributed by atoms with Gasteiger partial charge in [-0.1, -0.05) is 31.6 Å². The lowest BCUT2D eigenvalue weighted by Gasteiger charge is -2.45. The zero-order valence-electron chi connectivity index (χ0n) is 9.37. The monoisotopic (exact) mass is 204 g/mol. The first-order valence-electron chi connectivity index (χ1n) is 5.20. The van der Waals surface area contributed by atoms with E-state index in [4.69, 9.17) is 0 Å². The van der Waals surface area contributed by atoms with Crippen molar-refractivity contribution in [2.24, 2.45) is 5.41 Å². The molecule has 2 heteroatoms. The van der Waals surface area contributed by atoms with E-state index in [1.165, 1.54) is 0 Å². The van der Waals surface area contributed by atoms with Gasteiger partial charge in [0.2, 0.25) is 0 Å². The number of rotatable bonds is 0. The lowest BCUT2D eigenvalue weighted by Crippen LogP contribution is -2.49. The molecule has 0 aliphatic heterocycles. The molecule has 0 heterocycles. The molecule has 0 radical (unpaired) electrons. The number of hydrogen-bond donors (Lipinski definition) is 1. The summed E-state index contributed by atoms with van der Waals surface area (Å²) in [5.74, 6) is 0.0963. The first-order valence-corrected chi connectivity index (χ1v) is 5.20. The van der Waals surface area contributed by atoms with Gasteiger partial charge in [-0.2, -0.15) is 0 Å². The fraction of sp³-hybridized carbons (Fsp3) is 0.462. The standard InChI is InChI=1S/C13H16O2/c1-9-4-5-13(15)10(6-9)7-11(14)8-12(13,2)3/h4-7,15H,8H2,1-3H3/t13-/m1/s1. The molecule has 80 valence electrons. The molecule has 15 heavy (non-hydrogen) atoms. The van der Waals surface area contributed by atoms with Gasteiger partial charge >= 0.3 is 0 Å². The second-order valence-electron chi connectivity index (χ2n) is 5.11. The number of hydrogen-bond acceptors (Lipinski definition) is 2. The van der Waals surface area contributed by atoms with Crippen LogP contribution in [0.5, 0.6) is 0 Å². The van der Waals surface area contributed by atoms with E-state index < -0.39 is 11.0 Å². The van der Waals surface area contributed by atoms with Crippen molar-refractivity contribution in [3.63, 3.8) is 0 Å². The number of allylic oxidation sites excluding steroid dienone is 3. The minimum Gasteiger partial charge on any atom is -0.380 e. The Labute approximate surface area is 90.0 Å². The summed E-state index contributed by atoms with van der Waals surface area (Å²) >= 11 is 0. The second kappa shape index (κ2) is 2.92. The van der Waals surface area contributed by atoms with Crippen molar-refractivity contribution in [2.45, 2.75) is 32.8 Å². The van der Waals surface area contributed by atoms with Gasteiger partial charge in [0.15, 0.2) is 5.78 Å². The van der Waals surface area contributed by atoms with Crippen LogP contribution >= 0.6 is 0 Å². The van der Waals surface area contributed by atoms with Crippen LogP contribution in [0.15, 0.2) is 35.5 Å². The maximum atomic E-state index is 11.5. The lowest BCUT2D eigenvalue weighted by atomic mass is 9.63. The molecule has 0 aromatic rings. The van der Waals surface area contributed by atoms with Crippen molar-refractivity contribution in [3.05, 3.63) is 35.5 Å². The highest BCUT2D eigenvalue weighted by Crippen LogP contribution is 2.46. The molecule has 2 rings (SSSR count). The van der Waals surface area contributed by atoms with E-state index >= 15 is 0 Å². The summed E-state index contributed by atoms with van der Waals surface area (Å²) in [6.07, 6.45) is 7.57. The third-order valence-corrected chi connectivity index (χ3v) is 3.38. The van der Waals surface area contributed by atoms with Crippen molar-refractivity contribution in [1.82, 2.24) is 0 Å². The van der Waals surface area contributed by atoms with E-state index in [1.54, 1.807) is 12.2 Å². The number of fused-ring (bicyclic) bond motifs is 1. The van der Waals surface area contributed by atoms with Crippen molar-refractivity contribution >= 4 is 5.78 Å². The fourth-order valence-corrected chi connectivity index (χ4v) is 2.31. The van der Waals surface area contributed by atoms with Gasteiger partial charge in [0.05, 0.1) is 0 Å². The summed E-state index contributed by atoms with van der Waals surface area (Å²) in [4.78, 5) is 11.5. The molecule has 0 saturated heterocycles. The van der Waals surface area contributed by atoms with E-state index in [9.17, 15) is 9.90 Å². The third kappa shape index (κ3) is 1.40. The summed E-state index contributed by atoms with van der Waals surface area (Å²) in [7, 11) is 0. The predicted molar refractivity (Wildman–Crippen MR) is 59.3 cm³/mol. The number of carbonyl (C=O) groups excluding carboxylic acids is 1. The Balaban J connectivity index is 2.59. The smallest absolute Gasteiger partial charge is 0.156 e. The summed E-state index contributed by atoms with van der Waals surface area (Å²) in [5, 5.41) is 10.6. The van der Waals surface area contributed by atoms with Crippen LogP contribution in [0, 0.1) is 5.41 Å². The Morgan fingerprint density at radius 1 is 1.33 bits per heavy atom. The average Bonchev–Trinajstić information content (AvgIpc) is 2.08. The molecule has 0 spiro atoms. The van der Waals surface area contributed by atoms with Crippen molar-refractivity contribution in [1.29, 1.82) is 0 Å². The van der Waals surface area contributed by atoms with Crippen LogP contribution in [0.1, 0.15) is 27.2 Å². The van der Waals surface area contributed by atoms with E-state index in [0.29, 0.717) is 6.42 Å². The molecule has 1 N–H and O–H groups in total. The van der Waals surface area contributed by atoms with Crippen molar-refractivity contribution in [3.8, 4) is 0 Å². The molecule has 0 aromatic carbocycles. The number of carbonyl (C=O) groups is 1. The first-order chi connectivity index (χ1) is 6.85. The molecular formula is C13H16O2. The van der Waals surface area contributed by atoms with Crippen LogP contribution in [-0.4, -0.2) is 16.5 Å². The van der Waals surface area contributed by atoms with Crippen LogP contribution in [0.2, 0.25) is 0 Å². The first kappa shape index (κ1) is 10.4. The van der Waals surface area contributed by atoms with Gasteiger partial charge in [0.25, 0.3) is 0 Å². The Kier molecular flexibility index (Phi) is 2.02. The van der Waals surface area contributed by atoms with Gasteiger partial charge < -0.3 is 5.11 Å². The molecule has 0 saturated carbocycles. The summed E-state index contributed by atoms with van der Waals surface area (Å²) in [6.45, 7) is 5.82. The SMILES string of the molecule is CC1=CC2=CC(=O)CC(C)(C)[C@@]2(O)C=C1. The predicted octanol–water partition coefficient (Wildman–Crippen LogP) is 2.16. The number of ketones is 1. The minimum absolute atomic E-state index is 0.0963. The molecular weight excluding hydrogens is 188 g/mol. The second-order valence-corrected chi connectivity index (χ2v) is 5.11. The maximum Gasteiger partial charge on any atom is 0.156 e. The average molecular weight is 204 g/mol. The number of aliphatic hydroxyl groups is 1. The molecule has 0 fully saturated rings. The summed E-state index contributed by atoms with van der Waals surface area (Å²) < 4.78 is 0. The highest BCUT2D eigenvalue weighted by molar-refractivity contribution is 5.93. The molecule has 0 amide bonds. The third-order valence-electron chi connectivity index (χ3n) is 3.38. The molecule has 0 aromatic heterocycles. The van der Waals surface area contributed by atoms with Crippen LogP contribution in [0.4, 0.5) is 0 Å². The van der Waals surface area contributed by atoms with E-state index in [2.05, 4.69) is 0 Å². The van der Waals surface area contributed by atoms with Gasteiger partial charge in [-0.3, -0.25) is 4.79 Å². The van der Waals surface area contributed by atoms with Gasteiger partial charge in [-0.15, -0.1) is 0 Å². The molecule has 1 atom stereocenters. The zero-order chi connectivity index (χ0) is 11.3. The largest absolute Gasteiger partial charge is 0.380 e. The van der Waals surface area contributed by atoms with Gasteiger partial charge in [-0.05, 0) is 24.6 Å². The van der Waals surface area contributed by atoms with Crippen LogP contribution in [-0.2, 0) is 4.79 Å². The van der Waals surface area contributed by atoms with Gasteiger partial charge in [-0.25, -0.2) is 0 Å². The maximum absolute atomic E-state index is 11.5. The highest BCUT2D eigenvalue weighted by Gasteiger charge is 2.48. The molecule has 2 aliphatic carbocycles. The summed E-state index contributed by atoms with van der Waals surface area (Å²) in [6, 6.07) is 0. The normalized spacial score (nSPS) is 33.2. The van der Waals surface area contributed by atoms with Crippen LogP contribution < -0.4 is 0 Å². The van der Waals surface area contributed by atoms with Gasteiger partial charge in [0, 0.05) is 11.8 Å². The molecule has 2 nitrogen and oxygen atoms in total. The minimum atomic E-state index is -0.986.